The van der Waals surface area contributed by atoms with Gasteiger partial charge >= 0.3 is 5.97 Å². The molecule has 1 heterocycles. The summed E-state index contributed by atoms with van der Waals surface area (Å²) in [6.45, 7) is 6.05. The molecule has 112 valence electrons. The number of aromatic nitrogens is 3. The first kappa shape index (κ1) is 15.9. The lowest BCUT2D eigenvalue weighted by atomic mass is 10.1. The van der Waals surface area contributed by atoms with E-state index in [1.54, 1.807) is 6.07 Å². The van der Waals surface area contributed by atoms with Crippen molar-refractivity contribution < 1.29 is 9.90 Å². The fourth-order valence-corrected chi connectivity index (χ4v) is 2.97. The second-order valence-corrected chi connectivity index (χ2v) is 6.82. The highest BCUT2D eigenvalue weighted by Crippen LogP contribution is 2.33. The molecule has 0 radical (unpaired) electrons. The van der Waals surface area contributed by atoms with Crippen molar-refractivity contribution in [2.24, 2.45) is 0 Å². The highest BCUT2D eigenvalue weighted by atomic mass is 35.5. The van der Waals surface area contributed by atoms with E-state index in [1.807, 2.05) is 43.5 Å². The molecule has 2 rings (SSSR count). The Morgan fingerprint density at radius 3 is 2.57 bits per heavy atom. The van der Waals surface area contributed by atoms with Gasteiger partial charge in [-0.15, -0.1) is 10.2 Å². The first-order valence-electron chi connectivity index (χ1n) is 6.36. The zero-order valence-electron chi connectivity index (χ0n) is 12.0. The van der Waals surface area contributed by atoms with E-state index in [1.165, 1.54) is 0 Å². The van der Waals surface area contributed by atoms with E-state index >= 15 is 0 Å². The number of hydrogen-bond acceptors (Lipinski definition) is 4. The van der Waals surface area contributed by atoms with Gasteiger partial charge in [-0.3, -0.25) is 9.36 Å². The molecule has 0 bridgehead atoms. The molecular weight excluding hydrogens is 310 g/mol. The summed E-state index contributed by atoms with van der Waals surface area (Å²) >= 11 is 7.39. The van der Waals surface area contributed by atoms with Crippen LogP contribution in [-0.4, -0.2) is 31.6 Å². The van der Waals surface area contributed by atoms with Crippen LogP contribution in [0.2, 0.25) is 5.02 Å². The Morgan fingerprint density at radius 2 is 2.00 bits per heavy atom. The van der Waals surface area contributed by atoms with Crippen LogP contribution in [0.5, 0.6) is 0 Å². The second-order valence-electron chi connectivity index (χ2n) is 5.47. The van der Waals surface area contributed by atoms with Crippen LogP contribution in [0.3, 0.4) is 0 Å². The van der Waals surface area contributed by atoms with Crippen LogP contribution in [0.25, 0.3) is 11.4 Å². The lowest BCUT2D eigenvalue weighted by molar-refractivity contribution is -0.133. The minimum atomic E-state index is -0.886. The van der Waals surface area contributed by atoms with Crippen LogP contribution in [0.1, 0.15) is 20.8 Å². The van der Waals surface area contributed by atoms with Crippen molar-refractivity contribution in [1.29, 1.82) is 0 Å². The van der Waals surface area contributed by atoms with Gasteiger partial charge in [0.2, 0.25) is 0 Å². The molecule has 0 aliphatic carbocycles. The fraction of sp³-hybridized carbons (Fsp3) is 0.357. The van der Waals surface area contributed by atoms with Gasteiger partial charge in [-0.2, -0.15) is 0 Å². The molecule has 0 saturated carbocycles. The molecular formula is C14H16ClN3O2S. The number of carboxylic acids is 1. The number of aliphatic carboxylic acids is 1. The number of halogens is 1. The van der Waals surface area contributed by atoms with Gasteiger partial charge in [-0.05, 0) is 32.9 Å². The molecule has 1 aromatic carbocycles. The van der Waals surface area contributed by atoms with Gasteiger partial charge in [0.05, 0.1) is 10.8 Å². The van der Waals surface area contributed by atoms with E-state index in [9.17, 15) is 4.79 Å². The number of carboxylic acid groups (broad SMARTS) is 1. The van der Waals surface area contributed by atoms with E-state index < -0.39 is 5.97 Å². The minimum absolute atomic E-state index is 0.0588. The lowest BCUT2D eigenvalue weighted by Gasteiger charge is -2.24. The largest absolute Gasteiger partial charge is 0.481 e. The average Bonchev–Trinajstić information content (AvgIpc) is 2.80. The summed E-state index contributed by atoms with van der Waals surface area (Å²) < 4.78 is 1.92. The maximum absolute atomic E-state index is 10.8. The molecule has 0 unspecified atom stereocenters. The quantitative estimate of drug-likeness (QED) is 0.871. The second kappa shape index (κ2) is 6.07. The molecule has 0 atom stereocenters. The summed E-state index contributed by atoms with van der Waals surface area (Å²) in [5.74, 6) is -0.305. The number of hydrogen-bond donors (Lipinski definition) is 1. The number of carbonyl (C=O) groups is 1. The van der Waals surface area contributed by atoms with Crippen molar-refractivity contribution >= 4 is 29.3 Å². The summed E-state index contributed by atoms with van der Waals surface area (Å²) in [4.78, 5) is 10.8. The molecule has 0 spiro atoms. The van der Waals surface area contributed by atoms with Crippen molar-refractivity contribution in [1.82, 2.24) is 14.8 Å². The molecule has 0 fully saturated rings. The van der Waals surface area contributed by atoms with Gasteiger partial charge in [0.15, 0.2) is 11.0 Å². The van der Waals surface area contributed by atoms with Crippen LogP contribution in [0.15, 0.2) is 29.4 Å². The third-order valence-electron chi connectivity index (χ3n) is 2.74. The monoisotopic (exact) mass is 325 g/mol. The maximum atomic E-state index is 10.8. The fourth-order valence-electron chi connectivity index (χ4n) is 1.91. The summed E-state index contributed by atoms with van der Waals surface area (Å²) in [6.07, 6.45) is 0. The molecule has 7 heteroatoms. The third-order valence-corrected chi connectivity index (χ3v) is 3.99. The summed E-state index contributed by atoms with van der Waals surface area (Å²) in [5.41, 5.74) is 0.488. The highest BCUT2D eigenvalue weighted by molar-refractivity contribution is 7.99. The van der Waals surface area contributed by atoms with Crippen LogP contribution < -0.4 is 0 Å². The SMILES string of the molecule is CC(C)(C)n1c(SCC(=O)O)nnc1-c1ccccc1Cl. The molecule has 0 saturated heterocycles. The van der Waals surface area contributed by atoms with Crippen molar-refractivity contribution in [2.45, 2.75) is 31.5 Å². The predicted octanol–water partition coefficient (Wildman–Crippen LogP) is 3.53. The Bertz CT molecular complexity index is 664. The predicted molar refractivity (Wildman–Crippen MR) is 83.8 cm³/mol. The molecule has 0 amide bonds. The zero-order chi connectivity index (χ0) is 15.6. The van der Waals surface area contributed by atoms with E-state index in [0.29, 0.717) is 16.0 Å². The van der Waals surface area contributed by atoms with E-state index in [0.717, 1.165) is 17.3 Å². The molecule has 0 aliphatic rings. The highest BCUT2D eigenvalue weighted by Gasteiger charge is 2.25. The zero-order valence-corrected chi connectivity index (χ0v) is 13.6. The van der Waals surface area contributed by atoms with Crippen LogP contribution in [-0.2, 0) is 10.3 Å². The van der Waals surface area contributed by atoms with E-state index in [4.69, 9.17) is 16.7 Å². The van der Waals surface area contributed by atoms with Crippen LogP contribution >= 0.6 is 23.4 Å². The molecule has 21 heavy (non-hydrogen) atoms. The number of rotatable bonds is 4. The molecule has 2 aromatic rings. The minimum Gasteiger partial charge on any atom is -0.481 e. The molecule has 0 aliphatic heterocycles. The average molecular weight is 326 g/mol. The van der Waals surface area contributed by atoms with E-state index in [-0.39, 0.29) is 11.3 Å². The Hall–Kier alpha value is -1.53. The Labute approximate surface area is 132 Å². The van der Waals surface area contributed by atoms with Crippen molar-refractivity contribution in [3.63, 3.8) is 0 Å². The van der Waals surface area contributed by atoms with Gasteiger partial charge in [0, 0.05) is 11.1 Å². The van der Waals surface area contributed by atoms with Crippen LogP contribution in [0.4, 0.5) is 0 Å². The van der Waals surface area contributed by atoms with Gasteiger partial charge in [0.1, 0.15) is 0 Å². The number of benzene rings is 1. The van der Waals surface area contributed by atoms with Crippen LogP contribution in [0, 0.1) is 0 Å². The van der Waals surface area contributed by atoms with Gasteiger partial charge in [-0.1, -0.05) is 35.5 Å². The van der Waals surface area contributed by atoms with Crippen molar-refractivity contribution in [3.8, 4) is 11.4 Å². The molecule has 1 N–H and O–H groups in total. The first-order chi connectivity index (χ1) is 9.80. The van der Waals surface area contributed by atoms with Gasteiger partial charge in [0.25, 0.3) is 0 Å². The smallest absolute Gasteiger partial charge is 0.313 e. The standard InChI is InChI=1S/C14H16ClN3O2S/c1-14(2,3)18-12(9-6-4-5-7-10(9)15)16-17-13(18)21-8-11(19)20/h4-7H,8H2,1-3H3,(H,19,20). The third kappa shape index (κ3) is 3.57. The number of nitrogens with zero attached hydrogens (tertiary/aromatic N) is 3. The normalized spacial score (nSPS) is 11.6. The summed E-state index contributed by atoms with van der Waals surface area (Å²) in [7, 11) is 0. The Balaban J connectivity index is 2.52. The van der Waals surface area contributed by atoms with Gasteiger partial charge in [-0.25, -0.2) is 0 Å². The van der Waals surface area contributed by atoms with E-state index in [2.05, 4.69) is 10.2 Å². The summed E-state index contributed by atoms with van der Waals surface area (Å²) in [5, 5.41) is 18.3. The van der Waals surface area contributed by atoms with Crippen molar-refractivity contribution in [2.75, 3.05) is 5.75 Å². The van der Waals surface area contributed by atoms with Gasteiger partial charge < -0.3 is 5.11 Å². The number of thioether (sulfide) groups is 1. The molecule has 5 nitrogen and oxygen atoms in total. The lowest BCUT2D eigenvalue weighted by Crippen LogP contribution is -2.24. The Kier molecular flexibility index (Phi) is 4.58. The summed E-state index contributed by atoms with van der Waals surface area (Å²) in [6, 6.07) is 7.40. The Morgan fingerprint density at radius 1 is 1.33 bits per heavy atom. The maximum Gasteiger partial charge on any atom is 0.313 e. The topological polar surface area (TPSA) is 68.0 Å². The first-order valence-corrected chi connectivity index (χ1v) is 7.72. The van der Waals surface area contributed by atoms with Crippen molar-refractivity contribution in [3.05, 3.63) is 29.3 Å². The molecule has 1 aromatic heterocycles.